The number of amides is 1. The third-order valence-electron chi connectivity index (χ3n) is 5.10. The molecule has 0 aromatic heterocycles. The SMILES string of the molecule is COc1ccc(C(=O)OC(C)C(=O)Nc2ccccc2SC)cc1S(=O)(=O)N1CCCC1. The summed E-state index contributed by atoms with van der Waals surface area (Å²) in [5, 5.41) is 2.75. The zero-order chi connectivity index (χ0) is 23.3. The van der Waals surface area contributed by atoms with Gasteiger partial charge in [0.05, 0.1) is 18.4 Å². The highest BCUT2D eigenvalue weighted by molar-refractivity contribution is 7.98. The van der Waals surface area contributed by atoms with Gasteiger partial charge in [0, 0.05) is 18.0 Å². The van der Waals surface area contributed by atoms with E-state index in [2.05, 4.69) is 5.32 Å². The van der Waals surface area contributed by atoms with Crippen LogP contribution in [0.25, 0.3) is 0 Å². The fourth-order valence-corrected chi connectivity index (χ4v) is 5.59. The summed E-state index contributed by atoms with van der Waals surface area (Å²) in [5.41, 5.74) is 0.643. The Morgan fingerprint density at radius 1 is 1.12 bits per heavy atom. The van der Waals surface area contributed by atoms with Gasteiger partial charge in [0.1, 0.15) is 10.6 Å². The lowest BCUT2D eigenvalue weighted by molar-refractivity contribution is -0.123. The van der Waals surface area contributed by atoms with Crippen LogP contribution >= 0.6 is 11.8 Å². The molecule has 1 atom stereocenters. The second kappa shape index (κ2) is 10.4. The predicted octanol–water partition coefficient (Wildman–Crippen LogP) is 3.39. The molecule has 2 aromatic carbocycles. The van der Waals surface area contributed by atoms with Crippen LogP contribution in [0, 0.1) is 0 Å². The molecule has 0 bridgehead atoms. The van der Waals surface area contributed by atoms with Gasteiger partial charge in [0.25, 0.3) is 5.91 Å². The summed E-state index contributed by atoms with van der Waals surface area (Å²) in [6.07, 6.45) is 2.38. The largest absolute Gasteiger partial charge is 0.495 e. The van der Waals surface area contributed by atoms with Gasteiger partial charge in [0.15, 0.2) is 6.10 Å². The van der Waals surface area contributed by atoms with Gasteiger partial charge in [-0.2, -0.15) is 4.31 Å². The number of esters is 1. The molecule has 3 rings (SSSR count). The molecule has 1 amide bonds. The highest BCUT2D eigenvalue weighted by atomic mass is 32.2. The molecule has 2 aromatic rings. The molecule has 10 heteroatoms. The highest BCUT2D eigenvalue weighted by Crippen LogP contribution is 2.30. The van der Waals surface area contributed by atoms with Crippen molar-refractivity contribution in [2.45, 2.75) is 35.7 Å². The van der Waals surface area contributed by atoms with Gasteiger partial charge in [-0.1, -0.05) is 12.1 Å². The number of carbonyl (C=O) groups is 2. The summed E-state index contributed by atoms with van der Waals surface area (Å²) < 4.78 is 37.9. The number of benzene rings is 2. The van der Waals surface area contributed by atoms with E-state index in [1.807, 2.05) is 18.4 Å². The van der Waals surface area contributed by atoms with E-state index < -0.39 is 28.0 Å². The molecule has 0 radical (unpaired) electrons. The maximum atomic E-state index is 13.0. The van der Waals surface area contributed by atoms with Crippen molar-refractivity contribution in [3.63, 3.8) is 0 Å². The Morgan fingerprint density at radius 3 is 2.47 bits per heavy atom. The second-order valence-electron chi connectivity index (χ2n) is 7.21. The second-order valence-corrected chi connectivity index (χ2v) is 9.97. The minimum atomic E-state index is -3.81. The number of hydrogen-bond donors (Lipinski definition) is 1. The van der Waals surface area contributed by atoms with Crippen LogP contribution in [-0.4, -0.2) is 57.2 Å². The van der Waals surface area contributed by atoms with Crippen LogP contribution < -0.4 is 10.1 Å². The van der Waals surface area contributed by atoms with Gasteiger partial charge in [-0.3, -0.25) is 4.79 Å². The molecule has 32 heavy (non-hydrogen) atoms. The smallest absolute Gasteiger partial charge is 0.338 e. The quantitative estimate of drug-likeness (QED) is 0.458. The molecule has 172 valence electrons. The first-order valence-corrected chi connectivity index (χ1v) is 12.8. The fraction of sp³-hybridized carbons (Fsp3) is 0.364. The third kappa shape index (κ3) is 5.25. The highest BCUT2D eigenvalue weighted by Gasteiger charge is 2.31. The average molecular weight is 479 g/mol. The van der Waals surface area contributed by atoms with Crippen LogP contribution in [0.4, 0.5) is 5.69 Å². The Morgan fingerprint density at radius 2 is 1.81 bits per heavy atom. The van der Waals surface area contributed by atoms with Crippen LogP contribution in [0.2, 0.25) is 0 Å². The fourth-order valence-electron chi connectivity index (χ4n) is 3.34. The van der Waals surface area contributed by atoms with Gasteiger partial charge >= 0.3 is 5.97 Å². The number of nitrogens with one attached hydrogen (secondary N) is 1. The Hall–Kier alpha value is -2.56. The lowest BCUT2D eigenvalue weighted by Crippen LogP contribution is -2.30. The van der Waals surface area contributed by atoms with Crippen molar-refractivity contribution in [3.05, 3.63) is 48.0 Å². The van der Waals surface area contributed by atoms with Crippen molar-refractivity contribution < 1.29 is 27.5 Å². The first-order valence-electron chi connectivity index (χ1n) is 10.1. The van der Waals surface area contributed by atoms with Gasteiger partial charge in [-0.25, -0.2) is 13.2 Å². The summed E-state index contributed by atoms with van der Waals surface area (Å²) in [6, 6.07) is 11.4. The Bertz CT molecular complexity index is 1100. The van der Waals surface area contributed by atoms with E-state index in [9.17, 15) is 18.0 Å². The zero-order valence-electron chi connectivity index (χ0n) is 18.2. The number of rotatable bonds is 8. The van der Waals surface area contributed by atoms with Gasteiger partial charge in [0.2, 0.25) is 10.0 Å². The number of anilines is 1. The van der Waals surface area contributed by atoms with Crippen molar-refractivity contribution in [1.82, 2.24) is 4.31 Å². The minimum absolute atomic E-state index is 0.0211. The molecule has 0 spiro atoms. The number of ether oxygens (including phenoxy) is 2. The van der Waals surface area contributed by atoms with Crippen LogP contribution in [0.15, 0.2) is 52.3 Å². The molecule has 1 fully saturated rings. The van der Waals surface area contributed by atoms with E-state index >= 15 is 0 Å². The first kappa shape index (κ1) is 24.1. The van der Waals surface area contributed by atoms with E-state index in [0.29, 0.717) is 18.8 Å². The van der Waals surface area contributed by atoms with Crippen LogP contribution in [-0.2, 0) is 19.6 Å². The number of para-hydroxylation sites is 1. The van der Waals surface area contributed by atoms with E-state index in [-0.39, 0.29) is 16.2 Å². The lowest BCUT2D eigenvalue weighted by Gasteiger charge is -2.19. The van der Waals surface area contributed by atoms with Gasteiger partial charge < -0.3 is 14.8 Å². The molecule has 0 aliphatic carbocycles. The van der Waals surface area contributed by atoms with Crippen molar-refractivity contribution in [2.24, 2.45) is 0 Å². The maximum absolute atomic E-state index is 13.0. The molecule has 1 aliphatic heterocycles. The first-order chi connectivity index (χ1) is 15.3. The number of hydrogen-bond acceptors (Lipinski definition) is 7. The third-order valence-corrected chi connectivity index (χ3v) is 7.82. The average Bonchev–Trinajstić information content (AvgIpc) is 3.35. The van der Waals surface area contributed by atoms with E-state index in [1.165, 1.54) is 48.3 Å². The molecule has 1 saturated heterocycles. The number of sulfonamides is 1. The molecular formula is C22H26N2O6S2. The molecule has 0 saturated carbocycles. The standard InChI is InChI=1S/C22H26N2O6S2/c1-15(21(25)23-17-8-4-5-9-19(17)31-3)30-22(26)16-10-11-18(29-2)20(14-16)32(27,28)24-12-6-7-13-24/h4-5,8-11,14-15H,6-7,12-13H2,1-3H3,(H,23,25). The molecular weight excluding hydrogens is 452 g/mol. The van der Waals surface area contributed by atoms with E-state index in [1.54, 1.807) is 12.1 Å². The monoisotopic (exact) mass is 478 g/mol. The number of carbonyl (C=O) groups excluding carboxylic acids is 2. The normalized spacial score (nSPS) is 15.2. The Labute approximate surface area is 192 Å². The van der Waals surface area contributed by atoms with Crippen molar-refractivity contribution >= 4 is 39.3 Å². The van der Waals surface area contributed by atoms with Crippen molar-refractivity contribution in [1.29, 1.82) is 0 Å². The number of nitrogens with zero attached hydrogens (tertiary/aromatic N) is 1. The number of methoxy groups -OCH3 is 1. The van der Waals surface area contributed by atoms with Crippen LogP contribution in [0.1, 0.15) is 30.1 Å². The summed E-state index contributed by atoms with van der Waals surface area (Å²) in [4.78, 5) is 26.0. The summed E-state index contributed by atoms with van der Waals surface area (Å²) in [5.74, 6) is -1.14. The molecule has 1 aliphatic rings. The Kier molecular flexibility index (Phi) is 7.81. The number of thioether (sulfide) groups is 1. The van der Waals surface area contributed by atoms with E-state index in [0.717, 1.165) is 17.7 Å². The van der Waals surface area contributed by atoms with Crippen LogP contribution in [0.5, 0.6) is 5.75 Å². The minimum Gasteiger partial charge on any atom is -0.495 e. The molecule has 1 heterocycles. The molecule has 1 unspecified atom stereocenters. The van der Waals surface area contributed by atoms with Gasteiger partial charge in [-0.15, -0.1) is 11.8 Å². The zero-order valence-corrected chi connectivity index (χ0v) is 19.8. The van der Waals surface area contributed by atoms with Crippen molar-refractivity contribution in [2.75, 3.05) is 31.8 Å². The lowest BCUT2D eigenvalue weighted by atomic mass is 10.2. The topological polar surface area (TPSA) is 102 Å². The summed E-state index contributed by atoms with van der Waals surface area (Å²) >= 11 is 1.48. The molecule has 8 nitrogen and oxygen atoms in total. The Balaban J connectivity index is 1.76. The van der Waals surface area contributed by atoms with Gasteiger partial charge in [-0.05, 0) is 56.4 Å². The van der Waals surface area contributed by atoms with Crippen LogP contribution in [0.3, 0.4) is 0 Å². The molecule has 1 N–H and O–H groups in total. The summed E-state index contributed by atoms with van der Waals surface area (Å²) in [7, 11) is -2.44. The van der Waals surface area contributed by atoms with Crippen molar-refractivity contribution in [3.8, 4) is 5.75 Å². The predicted molar refractivity (Wildman–Crippen MR) is 123 cm³/mol. The summed E-state index contributed by atoms with van der Waals surface area (Å²) in [6.45, 7) is 2.31. The maximum Gasteiger partial charge on any atom is 0.338 e. The van der Waals surface area contributed by atoms with E-state index in [4.69, 9.17) is 9.47 Å².